The van der Waals surface area contributed by atoms with Crippen molar-refractivity contribution in [2.24, 2.45) is 0 Å². The monoisotopic (exact) mass is 399 g/mol. The summed E-state index contributed by atoms with van der Waals surface area (Å²) in [6.45, 7) is 4.08. The highest BCUT2D eigenvalue weighted by molar-refractivity contribution is 6.35. The molecule has 0 heterocycles. The maximum atomic E-state index is 13.7. The van der Waals surface area contributed by atoms with Crippen LogP contribution in [0.15, 0.2) is 36.4 Å². The van der Waals surface area contributed by atoms with Gasteiger partial charge in [-0.1, -0.05) is 35.3 Å². The van der Waals surface area contributed by atoms with Gasteiger partial charge in [0.2, 0.25) is 0 Å². The molecular weight excluding hydrogens is 378 g/mol. The Bertz CT molecular complexity index is 769. The molecule has 0 fully saturated rings. The average molecular weight is 400 g/mol. The van der Waals surface area contributed by atoms with E-state index >= 15 is 0 Å². The number of hydrogen-bond acceptors (Lipinski definition) is 2. The van der Waals surface area contributed by atoms with Gasteiger partial charge in [0, 0.05) is 12.1 Å². The van der Waals surface area contributed by atoms with Crippen molar-refractivity contribution in [2.45, 2.75) is 32.5 Å². The van der Waals surface area contributed by atoms with Gasteiger partial charge in [-0.15, -0.1) is 0 Å². The molecule has 0 aliphatic rings. The third kappa shape index (κ3) is 5.34. The molecule has 0 unspecified atom stereocenters. The van der Waals surface area contributed by atoms with E-state index in [4.69, 9.17) is 27.9 Å². The summed E-state index contributed by atoms with van der Waals surface area (Å²) in [5.74, 6) is 0.129. The minimum Gasteiger partial charge on any atom is -0.497 e. The first-order chi connectivity index (χ1) is 12.3. The van der Waals surface area contributed by atoms with E-state index in [9.17, 15) is 9.18 Å². The lowest BCUT2D eigenvalue weighted by Gasteiger charge is -2.18. The summed E-state index contributed by atoms with van der Waals surface area (Å²) in [4.78, 5) is 12.3. The molecule has 2 aromatic carbocycles. The summed E-state index contributed by atoms with van der Waals surface area (Å²) in [6, 6.07) is 9.61. The molecule has 0 saturated heterocycles. The van der Waals surface area contributed by atoms with Crippen LogP contribution in [0.3, 0.4) is 0 Å². The predicted octanol–water partition coefficient (Wildman–Crippen LogP) is 3.47. The Kier molecular flexibility index (Phi) is 7.26. The van der Waals surface area contributed by atoms with Crippen molar-refractivity contribution in [3.63, 3.8) is 0 Å². The van der Waals surface area contributed by atoms with Gasteiger partial charge in [0.1, 0.15) is 17.6 Å². The smallest absolute Gasteiger partial charge is 0.278 e. The topological polar surface area (TPSA) is 54.9 Å². The van der Waals surface area contributed by atoms with E-state index in [1.165, 1.54) is 12.1 Å². The van der Waals surface area contributed by atoms with Crippen LogP contribution in [0.5, 0.6) is 5.75 Å². The molecule has 2 rings (SSSR count). The van der Waals surface area contributed by atoms with E-state index in [1.54, 1.807) is 14.0 Å². The van der Waals surface area contributed by atoms with Gasteiger partial charge in [-0.05, 0) is 43.7 Å². The van der Waals surface area contributed by atoms with Crippen molar-refractivity contribution in [3.8, 4) is 5.75 Å². The van der Waals surface area contributed by atoms with Crippen LogP contribution in [-0.4, -0.2) is 19.1 Å². The van der Waals surface area contributed by atoms with Crippen molar-refractivity contribution < 1.29 is 19.2 Å². The summed E-state index contributed by atoms with van der Waals surface area (Å²) < 4.78 is 18.8. The van der Waals surface area contributed by atoms with Gasteiger partial charge < -0.3 is 15.4 Å². The standard InChI is InChI=1S/C19H21Cl2FN2O2/c1-11(15-8-18(22)17(21)9-16(15)20)24-12(2)19(25)23-10-13-4-6-14(26-3)7-5-13/h4-9,11-12,24H,10H2,1-3H3,(H,23,25)/p+1/t11-,12-/m0/s1. The van der Waals surface area contributed by atoms with Gasteiger partial charge in [0.05, 0.1) is 17.2 Å². The first kappa shape index (κ1) is 20.5. The van der Waals surface area contributed by atoms with Crippen LogP contribution in [0, 0.1) is 5.82 Å². The maximum Gasteiger partial charge on any atom is 0.278 e. The van der Waals surface area contributed by atoms with Crippen LogP contribution < -0.4 is 15.4 Å². The quantitative estimate of drug-likeness (QED) is 0.700. The summed E-state index contributed by atoms with van der Waals surface area (Å²) in [5.41, 5.74) is 1.57. The molecule has 3 N–H and O–H groups in total. The van der Waals surface area contributed by atoms with Crippen molar-refractivity contribution in [1.29, 1.82) is 0 Å². The number of rotatable bonds is 7. The number of quaternary nitrogens is 1. The summed E-state index contributed by atoms with van der Waals surface area (Å²) in [6.07, 6.45) is 0. The molecule has 140 valence electrons. The molecule has 0 aromatic heterocycles. The Morgan fingerprint density at radius 1 is 1.19 bits per heavy atom. The lowest BCUT2D eigenvalue weighted by molar-refractivity contribution is -0.710. The summed E-state index contributed by atoms with van der Waals surface area (Å²) in [5, 5.41) is 5.08. The molecule has 2 atom stereocenters. The number of halogens is 3. The van der Waals surface area contributed by atoms with Crippen molar-refractivity contribution in [2.75, 3.05) is 7.11 Å². The molecule has 1 amide bonds. The molecular formula is C19H22Cl2FN2O2+. The first-order valence-electron chi connectivity index (χ1n) is 8.22. The zero-order valence-electron chi connectivity index (χ0n) is 14.9. The molecule has 0 radical (unpaired) electrons. The van der Waals surface area contributed by atoms with Gasteiger partial charge in [-0.3, -0.25) is 4.79 Å². The molecule has 26 heavy (non-hydrogen) atoms. The van der Waals surface area contributed by atoms with Gasteiger partial charge >= 0.3 is 0 Å². The zero-order valence-corrected chi connectivity index (χ0v) is 16.4. The van der Waals surface area contributed by atoms with Crippen molar-refractivity contribution in [1.82, 2.24) is 5.32 Å². The summed E-state index contributed by atoms with van der Waals surface area (Å²) in [7, 11) is 1.61. The Morgan fingerprint density at radius 2 is 1.85 bits per heavy atom. The fraction of sp³-hybridized carbons (Fsp3) is 0.316. The number of benzene rings is 2. The lowest BCUT2D eigenvalue weighted by atomic mass is 10.1. The van der Waals surface area contributed by atoms with Gasteiger partial charge in [-0.2, -0.15) is 0 Å². The van der Waals surface area contributed by atoms with Crippen molar-refractivity contribution in [3.05, 3.63) is 63.4 Å². The SMILES string of the molecule is COc1ccc(CNC(=O)[C@H](C)[NH2+][C@@H](C)c2cc(F)c(Cl)cc2Cl)cc1. The van der Waals surface area contributed by atoms with E-state index in [0.717, 1.165) is 11.3 Å². The van der Waals surface area contributed by atoms with E-state index < -0.39 is 5.82 Å². The second-order valence-corrected chi connectivity index (χ2v) is 6.94. The third-order valence-corrected chi connectivity index (χ3v) is 4.76. The van der Waals surface area contributed by atoms with Crippen molar-refractivity contribution >= 4 is 29.1 Å². The summed E-state index contributed by atoms with van der Waals surface area (Å²) >= 11 is 11.9. The number of ether oxygens (including phenoxy) is 1. The van der Waals surface area contributed by atoms with E-state index in [0.29, 0.717) is 17.1 Å². The maximum absolute atomic E-state index is 13.7. The number of carbonyl (C=O) groups is 1. The predicted molar refractivity (Wildman–Crippen MR) is 101 cm³/mol. The fourth-order valence-electron chi connectivity index (χ4n) is 2.60. The van der Waals surface area contributed by atoms with Crippen LogP contribution >= 0.6 is 23.2 Å². The zero-order chi connectivity index (χ0) is 19.3. The number of methoxy groups -OCH3 is 1. The number of carbonyl (C=O) groups excluding carboxylic acids is 1. The highest BCUT2D eigenvalue weighted by Crippen LogP contribution is 2.27. The Labute approximate surface area is 162 Å². The molecule has 0 bridgehead atoms. The number of hydrogen-bond donors (Lipinski definition) is 2. The molecule has 0 saturated carbocycles. The largest absolute Gasteiger partial charge is 0.497 e. The van der Waals surface area contributed by atoms with E-state index in [1.807, 2.05) is 36.5 Å². The second kappa shape index (κ2) is 9.21. The molecule has 0 spiro atoms. The first-order valence-corrected chi connectivity index (χ1v) is 8.97. The number of nitrogens with one attached hydrogen (secondary N) is 1. The van der Waals surface area contributed by atoms with Crippen LogP contribution in [0.1, 0.15) is 31.0 Å². The Hall–Kier alpha value is -1.82. The van der Waals surface area contributed by atoms with Crippen LogP contribution in [0.4, 0.5) is 4.39 Å². The third-order valence-electron chi connectivity index (χ3n) is 4.15. The molecule has 7 heteroatoms. The van der Waals surface area contributed by atoms with Gasteiger partial charge in [0.15, 0.2) is 6.04 Å². The molecule has 0 aliphatic carbocycles. The highest BCUT2D eigenvalue weighted by atomic mass is 35.5. The van der Waals surface area contributed by atoms with Gasteiger partial charge in [0.25, 0.3) is 5.91 Å². The van der Waals surface area contributed by atoms with Crippen LogP contribution in [-0.2, 0) is 11.3 Å². The number of amides is 1. The normalized spacial score (nSPS) is 13.2. The van der Waals surface area contributed by atoms with Gasteiger partial charge in [-0.25, -0.2) is 4.39 Å². The highest BCUT2D eigenvalue weighted by Gasteiger charge is 2.22. The fourth-order valence-corrected chi connectivity index (χ4v) is 3.16. The molecule has 0 aliphatic heterocycles. The Morgan fingerprint density at radius 3 is 2.46 bits per heavy atom. The minimum atomic E-state index is -0.525. The second-order valence-electron chi connectivity index (χ2n) is 6.12. The number of nitrogens with two attached hydrogens (primary N) is 1. The van der Waals surface area contributed by atoms with E-state index in [2.05, 4.69) is 5.32 Å². The Balaban J connectivity index is 1.92. The van der Waals surface area contributed by atoms with Crippen LogP contribution in [0.25, 0.3) is 0 Å². The average Bonchev–Trinajstić information content (AvgIpc) is 2.62. The van der Waals surface area contributed by atoms with E-state index in [-0.39, 0.29) is 23.0 Å². The molecule has 2 aromatic rings. The van der Waals surface area contributed by atoms with Crippen LogP contribution in [0.2, 0.25) is 10.0 Å². The minimum absolute atomic E-state index is 0.0174. The molecule has 4 nitrogen and oxygen atoms in total. The lowest BCUT2D eigenvalue weighted by Crippen LogP contribution is -2.92.